The van der Waals surface area contributed by atoms with Gasteiger partial charge in [0.05, 0.1) is 22.4 Å². The molecular formula is C19H17N3O5S2. The Bertz CT molecular complexity index is 1160. The highest BCUT2D eigenvalue weighted by atomic mass is 32.2. The van der Waals surface area contributed by atoms with Crippen LogP contribution in [0.5, 0.6) is 5.75 Å². The van der Waals surface area contributed by atoms with Crippen LogP contribution >= 0.6 is 11.3 Å². The van der Waals surface area contributed by atoms with E-state index < -0.39 is 16.1 Å². The highest BCUT2D eigenvalue weighted by Crippen LogP contribution is 2.41. The van der Waals surface area contributed by atoms with Crippen molar-refractivity contribution in [2.75, 3.05) is 16.2 Å². The van der Waals surface area contributed by atoms with Gasteiger partial charge in [-0.2, -0.15) is 0 Å². The molecule has 29 heavy (non-hydrogen) atoms. The number of benzene rings is 2. The summed E-state index contributed by atoms with van der Waals surface area (Å²) >= 11 is 1.17. The number of rotatable bonds is 5. The van der Waals surface area contributed by atoms with Gasteiger partial charge in [0.25, 0.3) is 15.9 Å². The molecule has 150 valence electrons. The van der Waals surface area contributed by atoms with Crippen LogP contribution in [0.2, 0.25) is 0 Å². The van der Waals surface area contributed by atoms with Gasteiger partial charge in [0.1, 0.15) is 5.75 Å². The topological polar surface area (TPSA) is 109 Å². The molecule has 0 bridgehead atoms. The number of para-hydroxylation sites is 1. The number of hydrogen-bond acceptors (Lipinski definition) is 7. The van der Waals surface area contributed by atoms with E-state index in [0.717, 1.165) is 0 Å². The molecule has 0 saturated carbocycles. The number of aliphatic hydroxyl groups excluding tert-OH is 1. The maximum atomic E-state index is 12.6. The van der Waals surface area contributed by atoms with Crippen LogP contribution in [0.25, 0.3) is 0 Å². The molecule has 2 N–H and O–H groups in total. The Labute approximate surface area is 171 Å². The molecule has 0 spiro atoms. The normalized spacial score (nSPS) is 14.8. The number of amides is 1. The molecule has 3 aromatic rings. The first-order valence-corrected chi connectivity index (χ1v) is 11.0. The Balaban J connectivity index is 1.75. The molecule has 10 heteroatoms. The number of nitrogens with one attached hydrogen (secondary N) is 1. The Morgan fingerprint density at radius 2 is 2.03 bits per heavy atom. The lowest BCUT2D eigenvalue weighted by Gasteiger charge is -2.31. The maximum Gasteiger partial charge on any atom is 0.269 e. The van der Waals surface area contributed by atoms with Gasteiger partial charge in [-0.3, -0.25) is 14.4 Å². The zero-order chi connectivity index (χ0) is 20.6. The fourth-order valence-electron chi connectivity index (χ4n) is 3.06. The summed E-state index contributed by atoms with van der Waals surface area (Å²) in [4.78, 5) is 18.0. The van der Waals surface area contributed by atoms with Gasteiger partial charge in [-0.05, 0) is 25.1 Å². The number of anilines is 3. The molecule has 1 aliphatic rings. The summed E-state index contributed by atoms with van der Waals surface area (Å²) in [7, 11) is -3.86. The number of carbonyl (C=O) groups is 1. The van der Waals surface area contributed by atoms with Gasteiger partial charge in [0, 0.05) is 23.2 Å². The quantitative estimate of drug-likeness (QED) is 0.643. The number of aliphatic hydroxyl groups is 1. The summed E-state index contributed by atoms with van der Waals surface area (Å²) in [6.45, 7) is 1.37. The van der Waals surface area contributed by atoms with Gasteiger partial charge in [-0.25, -0.2) is 13.4 Å². The van der Waals surface area contributed by atoms with Crippen LogP contribution in [0, 0.1) is 0 Å². The van der Waals surface area contributed by atoms with Crippen molar-refractivity contribution in [1.29, 1.82) is 0 Å². The summed E-state index contributed by atoms with van der Waals surface area (Å²) < 4.78 is 33.2. The first kappa shape index (κ1) is 19.4. The van der Waals surface area contributed by atoms with Crippen molar-refractivity contribution in [3.05, 3.63) is 59.6 Å². The number of hydrogen-bond donors (Lipinski definition) is 2. The van der Waals surface area contributed by atoms with Crippen molar-refractivity contribution in [3.8, 4) is 5.75 Å². The van der Waals surface area contributed by atoms with Crippen LogP contribution in [-0.4, -0.2) is 31.0 Å². The number of sulfonamides is 1. The van der Waals surface area contributed by atoms with E-state index in [0.29, 0.717) is 16.9 Å². The molecule has 1 aliphatic heterocycles. The number of thiazole rings is 1. The standard InChI is InChI=1S/C19H17N3O5S2/c1-12(23)14-4-2-3-5-15(14)22-16-7-6-13(10-17(16)27-11-18(22)24)29(25,26)21-19-20-8-9-28-19/h2-10,12,23H,11H2,1H3,(H,20,21). The molecule has 1 amide bonds. The van der Waals surface area contributed by atoms with E-state index in [1.165, 1.54) is 40.6 Å². The predicted molar refractivity (Wildman–Crippen MR) is 109 cm³/mol. The third-order valence-corrected chi connectivity index (χ3v) is 6.52. The van der Waals surface area contributed by atoms with Crippen molar-refractivity contribution in [1.82, 2.24) is 4.98 Å². The lowest BCUT2D eigenvalue weighted by molar-refractivity contribution is -0.120. The number of nitrogens with zero attached hydrogens (tertiary/aromatic N) is 2. The first-order chi connectivity index (χ1) is 13.9. The zero-order valence-electron chi connectivity index (χ0n) is 15.3. The van der Waals surface area contributed by atoms with E-state index in [1.807, 2.05) is 0 Å². The molecular weight excluding hydrogens is 414 g/mol. The number of fused-ring (bicyclic) bond motifs is 1. The van der Waals surface area contributed by atoms with Gasteiger partial charge in [0.15, 0.2) is 11.7 Å². The van der Waals surface area contributed by atoms with E-state index in [4.69, 9.17) is 4.74 Å². The summed E-state index contributed by atoms with van der Waals surface area (Å²) in [5, 5.41) is 12.0. The lowest BCUT2D eigenvalue weighted by Crippen LogP contribution is -2.36. The molecule has 2 aromatic carbocycles. The van der Waals surface area contributed by atoms with Gasteiger partial charge in [0.2, 0.25) is 0 Å². The van der Waals surface area contributed by atoms with Gasteiger partial charge >= 0.3 is 0 Å². The molecule has 1 atom stereocenters. The van der Waals surface area contributed by atoms with Crippen molar-refractivity contribution < 1.29 is 23.1 Å². The third kappa shape index (κ3) is 3.69. The smallest absolute Gasteiger partial charge is 0.269 e. The molecule has 1 aromatic heterocycles. The maximum absolute atomic E-state index is 12.6. The monoisotopic (exact) mass is 431 g/mol. The third-order valence-electron chi connectivity index (χ3n) is 4.36. The van der Waals surface area contributed by atoms with Gasteiger partial charge in [-0.15, -0.1) is 11.3 Å². The van der Waals surface area contributed by atoms with Crippen LogP contribution in [0.1, 0.15) is 18.6 Å². The average Bonchev–Trinajstić information content (AvgIpc) is 3.20. The van der Waals surface area contributed by atoms with Crippen molar-refractivity contribution in [2.24, 2.45) is 0 Å². The Kier molecular flexibility index (Phi) is 4.99. The van der Waals surface area contributed by atoms with E-state index in [9.17, 15) is 18.3 Å². The molecule has 0 fully saturated rings. The second-order valence-corrected chi connectivity index (χ2v) is 8.90. The average molecular weight is 431 g/mol. The van der Waals surface area contributed by atoms with Crippen LogP contribution < -0.4 is 14.4 Å². The first-order valence-electron chi connectivity index (χ1n) is 8.66. The molecule has 2 heterocycles. The van der Waals surface area contributed by atoms with E-state index in [1.54, 1.807) is 36.6 Å². The molecule has 0 aliphatic carbocycles. The number of carbonyl (C=O) groups excluding carboxylic acids is 1. The van der Waals surface area contributed by atoms with E-state index in [-0.39, 0.29) is 28.3 Å². The number of aromatic nitrogens is 1. The predicted octanol–water partition coefficient (Wildman–Crippen LogP) is 3.05. The van der Waals surface area contributed by atoms with Crippen LogP contribution in [0.15, 0.2) is 58.9 Å². The summed E-state index contributed by atoms with van der Waals surface area (Å²) in [6, 6.07) is 11.3. The Morgan fingerprint density at radius 3 is 2.76 bits per heavy atom. The van der Waals surface area contributed by atoms with Crippen LogP contribution in [0.4, 0.5) is 16.5 Å². The Hall–Kier alpha value is -2.95. The molecule has 0 radical (unpaired) electrons. The highest BCUT2D eigenvalue weighted by Gasteiger charge is 2.30. The SMILES string of the molecule is CC(O)c1ccccc1N1C(=O)COc2cc(S(=O)(=O)Nc3nccs3)ccc21. The Morgan fingerprint density at radius 1 is 1.24 bits per heavy atom. The fourth-order valence-corrected chi connectivity index (χ4v) is 4.86. The van der Waals surface area contributed by atoms with Crippen LogP contribution in [0.3, 0.4) is 0 Å². The minimum atomic E-state index is -3.86. The zero-order valence-corrected chi connectivity index (χ0v) is 16.9. The number of ether oxygens (including phenoxy) is 1. The summed E-state index contributed by atoms with van der Waals surface area (Å²) in [5.41, 5.74) is 1.51. The minimum absolute atomic E-state index is 0.00967. The minimum Gasteiger partial charge on any atom is -0.481 e. The van der Waals surface area contributed by atoms with Crippen molar-refractivity contribution in [2.45, 2.75) is 17.9 Å². The van der Waals surface area contributed by atoms with E-state index in [2.05, 4.69) is 9.71 Å². The van der Waals surface area contributed by atoms with Gasteiger partial charge < -0.3 is 9.84 Å². The molecule has 4 rings (SSSR count). The summed E-state index contributed by atoms with van der Waals surface area (Å²) in [6.07, 6.45) is 0.717. The second kappa shape index (κ2) is 7.47. The summed E-state index contributed by atoms with van der Waals surface area (Å²) in [5.74, 6) is -0.0610. The largest absolute Gasteiger partial charge is 0.481 e. The second-order valence-electron chi connectivity index (χ2n) is 6.32. The van der Waals surface area contributed by atoms with Crippen molar-refractivity contribution >= 4 is 43.8 Å². The highest BCUT2D eigenvalue weighted by molar-refractivity contribution is 7.93. The molecule has 0 saturated heterocycles. The van der Waals surface area contributed by atoms with E-state index >= 15 is 0 Å². The van der Waals surface area contributed by atoms with Crippen molar-refractivity contribution in [3.63, 3.8) is 0 Å². The lowest BCUT2D eigenvalue weighted by atomic mass is 10.1. The van der Waals surface area contributed by atoms with Gasteiger partial charge in [-0.1, -0.05) is 18.2 Å². The van der Waals surface area contributed by atoms with Crippen LogP contribution in [-0.2, 0) is 14.8 Å². The fraction of sp³-hybridized carbons (Fsp3) is 0.158. The molecule has 8 nitrogen and oxygen atoms in total. The molecule has 1 unspecified atom stereocenters.